The van der Waals surface area contributed by atoms with Crippen LogP contribution in [0.5, 0.6) is 0 Å². The van der Waals surface area contributed by atoms with Crippen molar-refractivity contribution in [2.75, 3.05) is 0 Å². The van der Waals surface area contributed by atoms with Crippen LogP contribution in [0.4, 0.5) is 0 Å². The molecular weight excluding hydrogens is 680 g/mol. The first-order valence-corrected chi connectivity index (χ1v) is 13.6. The molecule has 0 saturated heterocycles. The Hall–Kier alpha value is -4.13. The molecule has 1 unspecified atom stereocenters. The summed E-state index contributed by atoms with van der Waals surface area (Å²) in [4.78, 5) is 9.28. The number of nitrogens with zero attached hydrogens (tertiary/aromatic N) is 2. The zero-order valence-corrected chi connectivity index (χ0v) is 25.6. The van der Waals surface area contributed by atoms with E-state index in [0.29, 0.717) is 0 Å². The normalized spacial score (nSPS) is 11.5. The molecule has 0 aliphatic carbocycles. The van der Waals surface area contributed by atoms with Gasteiger partial charge < -0.3 is 9.97 Å². The van der Waals surface area contributed by atoms with Crippen molar-refractivity contribution in [2.24, 2.45) is 0 Å². The van der Waals surface area contributed by atoms with Crippen molar-refractivity contribution in [2.45, 2.75) is 26.7 Å². The van der Waals surface area contributed by atoms with Gasteiger partial charge in [-0.25, -0.2) is 0 Å². The fourth-order valence-corrected chi connectivity index (χ4v) is 5.66. The molecule has 0 aliphatic rings. The zero-order valence-electron chi connectivity index (χ0n) is 23.3. The van der Waals surface area contributed by atoms with Crippen LogP contribution in [0.15, 0.2) is 122 Å². The first-order valence-electron chi connectivity index (χ1n) is 13.6. The Morgan fingerprint density at radius 2 is 1.15 bits per heavy atom. The van der Waals surface area contributed by atoms with E-state index in [2.05, 4.69) is 122 Å². The van der Waals surface area contributed by atoms with Gasteiger partial charge in [0.2, 0.25) is 0 Å². The van der Waals surface area contributed by atoms with Crippen molar-refractivity contribution < 1.29 is 21.1 Å². The smallest absolute Gasteiger partial charge is 0.305 e. The second kappa shape index (κ2) is 12.6. The van der Waals surface area contributed by atoms with E-state index in [-0.39, 0.29) is 27.0 Å². The number of hydrogen-bond donors (Lipinski definition) is 0. The molecule has 2 nitrogen and oxygen atoms in total. The molecule has 1 atom stereocenters. The molecule has 2 aromatic heterocycles. The maximum atomic E-state index is 4.68. The summed E-state index contributed by atoms with van der Waals surface area (Å²) >= 11 is 0. The first-order chi connectivity index (χ1) is 19.6. The second-order valence-corrected chi connectivity index (χ2v) is 10.3. The van der Waals surface area contributed by atoms with Crippen molar-refractivity contribution in [1.82, 2.24) is 9.97 Å². The van der Waals surface area contributed by atoms with Gasteiger partial charge in [-0.3, -0.25) is 0 Å². The summed E-state index contributed by atoms with van der Waals surface area (Å²) in [5, 5.41) is 0. The van der Waals surface area contributed by atoms with E-state index in [1.807, 2.05) is 42.7 Å². The monoisotopic (exact) mass is 709 g/mol. The number of benzene rings is 4. The Labute approximate surface area is 257 Å². The van der Waals surface area contributed by atoms with Gasteiger partial charge in [-0.2, -0.15) is 0 Å². The third-order valence-electron chi connectivity index (χ3n) is 7.35. The summed E-state index contributed by atoms with van der Waals surface area (Å²) in [7, 11) is 0. The van der Waals surface area contributed by atoms with Gasteiger partial charge in [-0.15, -0.1) is 70.3 Å². The van der Waals surface area contributed by atoms with Crippen LogP contribution in [0, 0.1) is 32.9 Å². The fraction of sp³-hybridized carbons (Fsp3) is 0.105. The molecular formula is C38H30N2Pt. The minimum absolute atomic E-state index is 0. The molecule has 0 amide bonds. The van der Waals surface area contributed by atoms with E-state index >= 15 is 0 Å². The Bertz CT molecular complexity index is 1680. The SMILES string of the molecule is Cc1cc(C)c(C(c2[c-]c(-c3ccccn3)ccc2)c2[c-]c(-c3ccccn3)cc(-c3ccccc3)c2)c(C)c1.[Pt+2]. The van der Waals surface area contributed by atoms with E-state index < -0.39 is 0 Å². The van der Waals surface area contributed by atoms with Crippen LogP contribution in [-0.2, 0) is 21.1 Å². The fourth-order valence-electron chi connectivity index (χ4n) is 5.66. The Morgan fingerprint density at radius 1 is 0.537 bits per heavy atom. The Balaban J connectivity index is 0.00000337. The quantitative estimate of drug-likeness (QED) is 0.127. The number of aryl methyl sites for hydroxylation is 3. The Kier molecular flexibility index (Phi) is 8.72. The molecule has 0 N–H and O–H groups in total. The molecule has 0 bridgehead atoms. The molecule has 6 aromatic rings. The van der Waals surface area contributed by atoms with Gasteiger partial charge in [-0.05, 0) is 66.5 Å². The second-order valence-electron chi connectivity index (χ2n) is 10.3. The van der Waals surface area contributed by atoms with Gasteiger partial charge in [-0.1, -0.05) is 72.3 Å². The maximum absolute atomic E-state index is 4.68. The van der Waals surface area contributed by atoms with Gasteiger partial charge in [0.1, 0.15) is 0 Å². The molecule has 4 aromatic carbocycles. The van der Waals surface area contributed by atoms with Gasteiger partial charge in [0, 0.05) is 18.3 Å². The van der Waals surface area contributed by atoms with E-state index in [0.717, 1.165) is 44.8 Å². The van der Waals surface area contributed by atoms with Crippen molar-refractivity contribution in [3.8, 4) is 33.6 Å². The number of hydrogen-bond acceptors (Lipinski definition) is 2. The van der Waals surface area contributed by atoms with E-state index in [1.54, 1.807) is 0 Å². The van der Waals surface area contributed by atoms with Crippen molar-refractivity contribution >= 4 is 0 Å². The number of rotatable bonds is 6. The summed E-state index contributed by atoms with van der Waals surface area (Å²) in [6.07, 6.45) is 3.67. The Morgan fingerprint density at radius 3 is 1.78 bits per heavy atom. The molecule has 41 heavy (non-hydrogen) atoms. The average Bonchev–Trinajstić information content (AvgIpc) is 3.00. The molecule has 0 fully saturated rings. The minimum Gasteiger partial charge on any atom is -0.305 e. The largest absolute Gasteiger partial charge is 2.00 e. The van der Waals surface area contributed by atoms with Crippen LogP contribution in [0.2, 0.25) is 0 Å². The maximum Gasteiger partial charge on any atom is 2.00 e. The third kappa shape index (κ3) is 6.14. The standard InChI is InChI=1S/C38H30N2.Pt/c1-26-20-27(2)37(28(3)21-26)38(31-15-11-14-30(22-31)35-16-7-9-18-39-35)34-24-32(29-12-5-4-6-13-29)23-33(25-34)36-17-8-10-19-40-36;/h4-21,23-24,38H,1-3H3;/q-2;+2. The van der Waals surface area contributed by atoms with Crippen LogP contribution in [0.3, 0.4) is 0 Å². The number of pyridine rings is 2. The molecule has 2 heterocycles. The van der Waals surface area contributed by atoms with Crippen LogP contribution >= 0.6 is 0 Å². The molecule has 3 heteroatoms. The van der Waals surface area contributed by atoms with Crippen molar-refractivity contribution in [1.29, 1.82) is 0 Å². The number of aromatic nitrogens is 2. The first kappa shape index (κ1) is 28.4. The summed E-state index contributed by atoms with van der Waals surface area (Å²) < 4.78 is 0. The molecule has 0 saturated carbocycles. The molecule has 202 valence electrons. The predicted octanol–water partition coefficient (Wildman–Crippen LogP) is 9.18. The van der Waals surface area contributed by atoms with Crippen molar-refractivity contribution in [3.63, 3.8) is 0 Å². The van der Waals surface area contributed by atoms with E-state index in [4.69, 9.17) is 0 Å². The van der Waals surface area contributed by atoms with Crippen LogP contribution < -0.4 is 0 Å². The summed E-state index contributed by atoms with van der Waals surface area (Å²) in [6.45, 7) is 6.59. The molecule has 0 spiro atoms. The van der Waals surface area contributed by atoms with Crippen LogP contribution in [0.25, 0.3) is 33.6 Å². The predicted molar refractivity (Wildman–Crippen MR) is 164 cm³/mol. The van der Waals surface area contributed by atoms with Gasteiger partial charge >= 0.3 is 21.1 Å². The topological polar surface area (TPSA) is 25.8 Å². The minimum atomic E-state index is -0.0737. The third-order valence-corrected chi connectivity index (χ3v) is 7.35. The van der Waals surface area contributed by atoms with Gasteiger partial charge in [0.05, 0.1) is 0 Å². The zero-order chi connectivity index (χ0) is 27.5. The molecule has 0 radical (unpaired) electrons. The summed E-state index contributed by atoms with van der Waals surface area (Å²) in [5.74, 6) is -0.0737. The summed E-state index contributed by atoms with van der Waals surface area (Å²) in [5.41, 5.74) is 13.3. The van der Waals surface area contributed by atoms with Crippen LogP contribution in [0.1, 0.15) is 39.3 Å². The average molecular weight is 710 g/mol. The molecule has 6 rings (SSSR count). The van der Waals surface area contributed by atoms with Crippen molar-refractivity contribution in [3.05, 3.63) is 167 Å². The van der Waals surface area contributed by atoms with Gasteiger partial charge in [0.25, 0.3) is 0 Å². The van der Waals surface area contributed by atoms with E-state index in [1.165, 1.54) is 22.3 Å². The van der Waals surface area contributed by atoms with Crippen LogP contribution in [-0.4, -0.2) is 9.97 Å². The molecule has 0 aliphatic heterocycles. The van der Waals surface area contributed by atoms with E-state index in [9.17, 15) is 0 Å². The van der Waals surface area contributed by atoms with Gasteiger partial charge in [0.15, 0.2) is 0 Å². The summed E-state index contributed by atoms with van der Waals surface area (Å²) in [6, 6.07) is 45.5.